The molecular formula is C20H36O4Pb. The van der Waals surface area contributed by atoms with Crippen LogP contribution in [0.3, 0.4) is 0 Å². The first-order valence-corrected chi connectivity index (χ1v) is 9.97. The predicted octanol–water partition coefficient (Wildman–Crippen LogP) is 2.06. The van der Waals surface area contributed by atoms with Crippen molar-refractivity contribution in [2.75, 3.05) is 0 Å². The Kier molecular flexibility index (Phi) is 16.0. The molecule has 2 aliphatic rings. The van der Waals surface area contributed by atoms with Crippen LogP contribution in [0.1, 0.15) is 103 Å². The number of carboxylic acid groups (broad SMARTS) is 2. The fourth-order valence-corrected chi connectivity index (χ4v) is 4.02. The van der Waals surface area contributed by atoms with E-state index in [2.05, 4.69) is 0 Å². The maximum atomic E-state index is 10.1. The molecule has 144 valence electrons. The Hall–Kier alpha value is -0.138. The van der Waals surface area contributed by atoms with Gasteiger partial charge in [-0.1, -0.05) is 77.0 Å². The van der Waals surface area contributed by atoms with Gasteiger partial charge in [-0.05, 0) is 37.5 Å². The standard InChI is InChI=1S/2C10H18O2.Pb.2H/c2*11-10(12)8-4-7-9-5-2-1-3-6-9;;;/h2*9H,1-8H2,(H,11,12);;;/q;;+2;;/p-2. The van der Waals surface area contributed by atoms with Crippen molar-refractivity contribution in [2.45, 2.75) is 103 Å². The summed E-state index contributed by atoms with van der Waals surface area (Å²) in [4.78, 5) is 20.3. The topological polar surface area (TPSA) is 80.3 Å². The summed E-state index contributed by atoms with van der Waals surface area (Å²) in [7, 11) is 0. The van der Waals surface area contributed by atoms with E-state index in [9.17, 15) is 19.8 Å². The Morgan fingerprint density at radius 1 is 0.640 bits per heavy atom. The molecule has 0 aliphatic heterocycles. The summed E-state index contributed by atoms with van der Waals surface area (Å²) < 4.78 is 0. The number of hydrogen-bond acceptors (Lipinski definition) is 4. The van der Waals surface area contributed by atoms with Gasteiger partial charge in [-0.3, -0.25) is 0 Å². The van der Waals surface area contributed by atoms with Crippen LogP contribution in [-0.4, -0.2) is 39.2 Å². The number of carboxylic acids is 2. The van der Waals surface area contributed by atoms with Crippen molar-refractivity contribution in [1.82, 2.24) is 0 Å². The van der Waals surface area contributed by atoms with Gasteiger partial charge < -0.3 is 19.8 Å². The second-order valence-corrected chi connectivity index (χ2v) is 7.54. The maximum absolute atomic E-state index is 10.1. The number of rotatable bonds is 8. The van der Waals surface area contributed by atoms with Crippen molar-refractivity contribution in [3.63, 3.8) is 0 Å². The third-order valence-corrected chi connectivity index (χ3v) is 5.44. The quantitative estimate of drug-likeness (QED) is 0.436. The molecule has 0 unspecified atom stereocenters. The van der Waals surface area contributed by atoms with Crippen LogP contribution in [0.2, 0.25) is 0 Å². The summed E-state index contributed by atoms with van der Waals surface area (Å²) in [5.41, 5.74) is 0. The predicted molar refractivity (Wildman–Crippen MR) is 99.4 cm³/mol. The van der Waals surface area contributed by atoms with E-state index in [1.807, 2.05) is 0 Å². The van der Waals surface area contributed by atoms with Crippen LogP contribution in [-0.2, 0) is 9.59 Å². The molecule has 0 bridgehead atoms. The first-order valence-electron chi connectivity index (χ1n) is 9.97. The van der Waals surface area contributed by atoms with Gasteiger partial charge in [0.15, 0.2) is 0 Å². The van der Waals surface area contributed by atoms with Crippen molar-refractivity contribution in [1.29, 1.82) is 0 Å². The molecule has 4 nitrogen and oxygen atoms in total. The van der Waals surface area contributed by atoms with E-state index in [4.69, 9.17) is 0 Å². The van der Waals surface area contributed by atoms with Gasteiger partial charge in [-0.25, -0.2) is 0 Å². The summed E-state index contributed by atoms with van der Waals surface area (Å²) in [6.07, 6.45) is 17.7. The average molecular weight is 548 g/mol. The fraction of sp³-hybridized carbons (Fsp3) is 0.900. The zero-order chi connectivity index (χ0) is 17.6. The molecule has 0 radical (unpaired) electrons. The molecular weight excluding hydrogens is 511 g/mol. The molecule has 2 fully saturated rings. The molecule has 25 heavy (non-hydrogen) atoms. The molecule has 0 heterocycles. The number of aliphatic carboxylic acids is 2. The Bertz CT molecular complexity index is 314. The summed E-state index contributed by atoms with van der Waals surface area (Å²) in [6, 6.07) is 0. The summed E-state index contributed by atoms with van der Waals surface area (Å²) >= 11 is 0. The third-order valence-electron chi connectivity index (χ3n) is 5.44. The number of carbonyl (C=O) groups is 2. The van der Waals surface area contributed by atoms with Crippen LogP contribution in [0, 0.1) is 11.8 Å². The molecule has 5 heteroatoms. The molecule has 2 saturated carbocycles. The van der Waals surface area contributed by atoms with Gasteiger partial charge in [0.1, 0.15) is 0 Å². The number of hydrogen-bond donors (Lipinski definition) is 0. The molecule has 0 amide bonds. The zero-order valence-electron chi connectivity index (χ0n) is 15.8. The van der Waals surface area contributed by atoms with Crippen LogP contribution < -0.4 is 10.2 Å². The molecule has 0 N–H and O–H groups in total. The minimum atomic E-state index is -0.897. The average Bonchev–Trinajstić information content (AvgIpc) is 2.57. The van der Waals surface area contributed by atoms with Gasteiger partial charge in [0.05, 0.1) is 0 Å². The zero-order valence-corrected chi connectivity index (χ0v) is 21.3. The van der Waals surface area contributed by atoms with Crippen LogP contribution in [0.15, 0.2) is 0 Å². The molecule has 0 aromatic rings. The number of carbonyl (C=O) groups excluding carboxylic acids is 2. The molecule has 0 spiro atoms. The molecule has 2 rings (SSSR count). The third kappa shape index (κ3) is 14.7. The van der Waals surface area contributed by atoms with Gasteiger partial charge >= 0.3 is 27.3 Å². The summed E-state index contributed by atoms with van der Waals surface area (Å²) in [5.74, 6) is -0.187. The van der Waals surface area contributed by atoms with Crippen molar-refractivity contribution in [2.24, 2.45) is 11.8 Å². The van der Waals surface area contributed by atoms with Gasteiger partial charge in [0.2, 0.25) is 0 Å². The Labute approximate surface area is 173 Å². The second-order valence-electron chi connectivity index (χ2n) is 7.54. The Morgan fingerprint density at radius 3 is 1.24 bits per heavy atom. The fourth-order valence-electron chi connectivity index (χ4n) is 4.02. The Balaban J connectivity index is 0.000000443. The van der Waals surface area contributed by atoms with Gasteiger partial charge in [-0.2, -0.15) is 0 Å². The van der Waals surface area contributed by atoms with Crippen LogP contribution in [0.4, 0.5) is 0 Å². The molecule has 0 aromatic carbocycles. The summed E-state index contributed by atoms with van der Waals surface area (Å²) in [6.45, 7) is 0. The first-order chi connectivity index (χ1) is 11.6. The first kappa shape index (κ1) is 24.9. The van der Waals surface area contributed by atoms with E-state index in [1.54, 1.807) is 0 Å². The second kappa shape index (κ2) is 16.1. The van der Waals surface area contributed by atoms with Crippen LogP contribution in [0.5, 0.6) is 0 Å². The van der Waals surface area contributed by atoms with Crippen molar-refractivity contribution >= 4 is 39.2 Å². The van der Waals surface area contributed by atoms with Gasteiger partial charge in [0.25, 0.3) is 0 Å². The van der Waals surface area contributed by atoms with E-state index in [0.717, 1.165) is 37.5 Å². The molecule has 0 saturated heterocycles. The van der Waals surface area contributed by atoms with Gasteiger partial charge in [0, 0.05) is 11.9 Å². The summed E-state index contributed by atoms with van der Waals surface area (Å²) in [5, 5.41) is 20.3. The normalized spacial score (nSPS) is 18.6. The minimum absolute atomic E-state index is 0. The Morgan fingerprint density at radius 2 is 0.960 bits per heavy atom. The van der Waals surface area contributed by atoms with Gasteiger partial charge in [-0.15, -0.1) is 0 Å². The van der Waals surface area contributed by atoms with Crippen LogP contribution in [0.25, 0.3) is 0 Å². The van der Waals surface area contributed by atoms with Crippen LogP contribution >= 0.6 is 0 Å². The van der Waals surface area contributed by atoms with E-state index in [0.29, 0.717) is 0 Å². The van der Waals surface area contributed by atoms with E-state index in [1.165, 1.54) is 64.2 Å². The molecule has 0 atom stereocenters. The molecule has 0 aromatic heterocycles. The van der Waals surface area contributed by atoms with Crippen molar-refractivity contribution in [3.8, 4) is 0 Å². The molecule has 2 aliphatic carbocycles. The van der Waals surface area contributed by atoms with Crippen molar-refractivity contribution in [3.05, 3.63) is 0 Å². The monoisotopic (exact) mass is 548 g/mol. The SMILES string of the molecule is O=C([O-])CCCC1CCCCC1.O=C([O-])CCCC1CCCCC1.[PbH2+2]. The van der Waals surface area contributed by atoms with E-state index >= 15 is 0 Å². The van der Waals surface area contributed by atoms with E-state index in [-0.39, 0.29) is 40.1 Å². The van der Waals surface area contributed by atoms with Crippen molar-refractivity contribution < 1.29 is 19.8 Å². The van der Waals surface area contributed by atoms with E-state index < -0.39 is 11.9 Å².